The largest absolute Gasteiger partial charge is 0.461 e. The number of rotatable bonds is 5. The molecule has 0 aliphatic heterocycles. The van der Waals surface area contributed by atoms with Crippen molar-refractivity contribution < 1.29 is 18.7 Å². The third-order valence-electron chi connectivity index (χ3n) is 3.58. The number of nitrogens with one attached hydrogen (secondary N) is 1. The van der Waals surface area contributed by atoms with Crippen molar-refractivity contribution in [3.8, 4) is 5.69 Å². The third-order valence-corrected chi connectivity index (χ3v) is 4.71. The third kappa shape index (κ3) is 3.56. The predicted octanol–water partition coefficient (Wildman–Crippen LogP) is 2.94. The van der Waals surface area contributed by atoms with Crippen molar-refractivity contribution in [2.75, 3.05) is 17.8 Å². The first-order valence-electron chi connectivity index (χ1n) is 7.80. The minimum absolute atomic E-state index is 0.0276. The molecule has 0 bridgehead atoms. The van der Waals surface area contributed by atoms with Crippen LogP contribution in [0.3, 0.4) is 0 Å². The number of carbonyl (C=O) groups is 2. The summed E-state index contributed by atoms with van der Waals surface area (Å²) in [5.41, 5.74) is -0.970. The van der Waals surface area contributed by atoms with Gasteiger partial charge >= 0.3 is 5.97 Å². The van der Waals surface area contributed by atoms with Crippen molar-refractivity contribution in [1.82, 2.24) is 9.78 Å². The second-order valence-electron chi connectivity index (χ2n) is 5.27. The van der Waals surface area contributed by atoms with E-state index in [1.165, 1.54) is 29.6 Å². The van der Waals surface area contributed by atoms with Crippen LogP contribution in [0.15, 0.2) is 34.4 Å². The van der Waals surface area contributed by atoms with E-state index < -0.39 is 23.3 Å². The predicted molar refractivity (Wildman–Crippen MR) is 100 cm³/mol. The summed E-state index contributed by atoms with van der Waals surface area (Å²) in [6.45, 7) is 1.72. The fourth-order valence-electron chi connectivity index (χ4n) is 2.44. The van der Waals surface area contributed by atoms with E-state index in [4.69, 9.17) is 16.3 Å². The number of benzene rings is 1. The molecule has 1 aromatic carbocycles. The number of carbonyl (C=O) groups excluding carboxylic acids is 2. The highest BCUT2D eigenvalue weighted by atomic mass is 35.5. The van der Waals surface area contributed by atoms with Crippen LogP contribution in [0.25, 0.3) is 16.5 Å². The van der Waals surface area contributed by atoms with Crippen LogP contribution in [0.1, 0.15) is 17.4 Å². The molecule has 1 amide bonds. The number of hydrogen-bond acceptors (Lipinski definition) is 6. The quantitative estimate of drug-likeness (QED) is 0.517. The van der Waals surface area contributed by atoms with Gasteiger partial charge in [-0.1, -0.05) is 12.1 Å². The lowest BCUT2D eigenvalue weighted by Crippen LogP contribution is -2.26. The number of fused-ring (bicyclic) bond motifs is 1. The van der Waals surface area contributed by atoms with Gasteiger partial charge in [0, 0.05) is 10.8 Å². The van der Waals surface area contributed by atoms with Crippen molar-refractivity contribution >= 4 is 50.6 Å². The number of alkyl halides is 1. The van der Waals surface area contributed by atoms with Crippen LogP contribution < -0.4 is 10.9 Å². The molecular weight excluding hydrogens is 397 g/mol. The van der Waals surface area contributed by atoms with Crippen LogP contribution in [0.2, 0.25) is 0 Å². The molecule has 0 unspecified atom stereocenters. The first-order valence-corrected chi connectivity index (χ1v) is 9.21. The summed E-state index contributed by atoms with van der Waals surface area (Å²) >= 11 is 6.54. The molecule has 0 saturated heterocycles. The average Bonchev–Trinajstić information content (AvgIpc) is 3.07. The molecule has 140 valence electrons. The number of para-hydroxylation sites is 1. The highest BCUT2D eigenvalue weighted by Gasteiger charge is 2.23. The summed E-state index contributed by atoms with van der Waals surface area (Å²) in [4.78, 5) is 37.0. The van der Waals surface area contributed by atoms with Crippen LogP contribution in [0.4, 0.5) is 9.39 Å². The normalized spacial score (nSPS) is 10.8. The molecule has 0 saturated carbocycles. The van der Waals surface area contributed by atoms with Crippen molar-refractivity contribution in [2.45, 2.75) is 6.92 Å². The smallest absolute Gasteiger partial charge is 0.359 e. The summed E-state index contributed by atoms with van der Waals surface area (Å²) in [5.74, 6) is -2.29. The monoisotopic (exact) mass is 409 g/mol. The molecule has 2 aromatic heterocycles. The number of amides is 1. The molecule has 0 fully saturated rings. The van der Waals surface area contributed by atoms with E-state index in [2.05, 4.69) is 10.4 Å². The van der Waals surface area contributed by atoms with Gasteiger partial charge in [0.1, 0.15) is 22.4 Å². The number of hydrogen-bond donors (Lipinski definition) is 1. The Kier molecular flexibility index (Phi) is 5.52. The SMILES string of the molecule is CCOC(=O)c1nn(-c2ccccc2F)c(=O)c2c(NC(=O)CCl)scc12. The minimum Gasteiger partial charge on any atom is -0.461 e. The van der Waals surface area contributed by atoms with Crippen LogP contribution in [-0.4, -0.2) is 34.1 Å². The van der Waals surface area contributed by atoms with E-state index in [9.17, 15) is 18.8 Å². The number of nitrogens with zero attached hydrogens (tertiary/aromatic N) is 2. The fraction of sp³-hybridized carbons (Fsp3) is 0.176. The van der Waals surface area contributed by atoms with Crippen LogP contribution >= 0.6 is 22.9 Å². The Morgan fingerprint density at radius 2 is 2.11 bits per heavy atom. The molecule has 10 heteroatoms. The van der Waals surface area contributed by atoms with Gasteiger partial charge < -0.3 is 10.1 Å². The van der Waals surface area contributed by atoms with E-state index in [0.29, 0.717) is 0 Å². The Balaban J connectivity index is 2.33. The summed E-state index contributed by atoms with van der Waals surface area (Å²) < 4.78 is 20.0. The van der Waals surface area contributed by atoms with E-state index in [0.717, 1.165) is 16.0 Å². The molecule has 0 aliphatic rings. The Morgan fingerprint density at radius 1 is 1.37 bits per heavy atom. The van der Waals surface area contributed by atoms with Crippen LogP contribution in [0.5, 0.6) is 0 Å². The van der Waals surface area contributed by atoms with Gasteiger partial charge in [0.2, 0.25) is 5.91 Å². The lowest BCUT2D eigenvalue weighted by Gasteiger charge is -2.10. The Morgan fingerprint density at radius 3 is 2.78 bits per heavy atom. The summed E-state index contributed by atoms with van der Waals surface area (Å²) in [6.07, 6.45) is 0. The molecule has 7 nitrogen and oxygen atoms in total. The second kappa shape index (κ2) is 7.85. The zero-order chi connectivity index (χ0) is 19.6. The molecule has 2 heterocycles. The van der Waals surface area contributed by atoms with Gasteiger partial charge in [-0.2, -0.15) is 9.78 Å². The minimum atomic E-state index is -0.763. The molecular formula is C17H13ClFN3O4S. The standard InChI is InChI=1S/C17H13ClFN3O4S/c1-2-26-17(25)14-9-8-27-15(20-12(23)7-18)13(9)16(24)22(21-14)11-6-4-3-5-10(11)19/h3-6,8H,2,7H2,1H3,(H,20,23). The molecule has 0 atom stereocenters. The maximum atomic E-state index is 14.2. The fourth-order valence-corrected chi connectivity index (χ4v) is 3.46. The highest BCUT2D eigenvalue weighted by Crippen LogP contribution is 2.30. The molecule has 0 radical (unpaired) electrons. The number of anilines is 1. The highest BCUT2D eigenvalue weighted by molar-refractivity contribution is 7.16. The second-order valence-corrected chi connectivity index (χ2v) is 6.42. The number of thiophene rings is 1. The van der Waals surface area contributed by atoms with Gasteiger partial charge in [0.05, 0.1) is 12.0 Å². The van der Waals surface area contributed by atoms with Gasteiger partial charge in [-0.05, 0) is 19.1 Å². The Bertz CT molecular complexity index is 1100. The molecule has 0 spiro atoms. The molecule has 3 aromatic rings. The maximum Gasteiger partial charge on any atom is 0.359 e. The van der Waals surface area contributed by atoms with Crippen LogP contribution in [-0.2, 0) is 9.53 Å². The van der Waals surface area contributed by atoms with Crippen LogP contribution in [0, 0.1) is 5.82 Å². The molecule has 3 rings (SSSR count). The van der Waals surface area contributed by atoms with Gasteiger partial charge in [-0.3, -0.25) is 9.59 Å². The summed E-state index contributed by atoms with van der Waals surface area (Å²) in [6, 6.07) is 5.52. The molecule has 27 heavy (non-hydrogen) atoms. The molecule has 0 aliphatic carbocycles. The Labute approximate surface area is 161 Å². The number of aromatic nitrogens is 2. The van der Waals surface area contributed by atoms with Gasteiger partial charge in [-0.15, -0.1) is 22.9 Å². The lowest BCUT2D eigenvalue weighted by molar-refractivity contribution is -0.113. The number of esters is 1. The summed E-state index contributed by atoms with van der Waals surface area (Å²) in [5, 5.41) is 8.46. The van der Waals surface area contributed by atoms with Gasteiger partial charge in [0.25, 0.3) is 5.56 Å². The summed E-state index contributed by atoms with van der Waals surface area (Å²) in [7, 11) is 0. The van der Waals surface area contributed by atoms with Crippen molar-refractivity contribution in [2.24, 2.45) is 0 Å². The zero-order valence-electron chi connectivity index (χ0n) is 14.0. The van der Waals surface area contributed by atoms with E-state index >= 15 is 0 Å². The zero-order valence-corrected chi connectivity index (χ0v) is 15.6. The van der Waals surface area contributed by atoms with Crippen molar-refractivity contribution in [3.05, 3.63) is 51.5 Å². The van der Waals surface area contributed by atoms with Gasteiger partial charge in [0.15, 0.2) is 5.69 Å². The number of halogens is 2. The van der Waals surface area contributed by atoms with Crippen molar-refractivity contribution in [1.29, 1.82) is 0 Å². The maximum absolute atomic E-state index is 14.2. The van der Waals surface area contributed by atoms with E-state index in [1.54, 1.807) is 6.92 Å². The van der Waals surface area contributed by atoms with E-state index in [-0.39, 0.29) is 39.6 Å². The van der Waals surface area contributed by atoms with E-state index in [1.807, 2.05) is 0 Å². The molecule has 1 N–H and O–H groups in total. The Hall–Kier alpha value is -2.78. The topological polar surface area (TPSA) is 90.3 Å². The average molecular weight is 410 g/mol. The van der Waals surface area contributed by atoms with Crippen molar-refractivity contribution in [3.63, 3.8) is 0 Å². The lowest BCUT2D eigenvalue weighted by atomic mass is 10.2. The van der Waals surface area contributed by atoms with Gasteiger partial charge in [-0.25, -0.2) is 9.18 Å². The first kappa shape index (κ1) is 19.0. The first-order chi connectivity index (χ1) is 13.0. The number of ether oxygens (including phenoxy) is 1.